The van der Waals surface area contributed by atoms with Crippen LogP contribution in [0.4, 0.5) is 0 Å². The summed E-state index contributed by atoms with van der Waals surface area (Å²) in [5.74, 6) is 0.659. The van der Waals surface area contributed by atoms with Crippen molar-refractivity contribution >= 4 is 20.7 Å². The van der Waals surface area contributed by atoms with E-state index in [1.807, 2.05) is 12.1 Å². The molecule has 1 aromatic heterocycles. The number of hydrogen-bond acceptors (Lipinski definition) is 4. The zero-order valence-electron chi connectivity index (χ0n) is 16.8. The number of nitrogens with one attached hydrogen (secondary N) is 1. The highest BCUT2D eigenvalue weighted by Gasteiger charge is 2.37. The van der Waals surface area contributed by atoms with Gasteiger partial charge in [-0.05, 0) is 43.0 Å². The Kier molecular flexibility index (Phi) is 4.44. The van der Waals surface area contributed by atoms with Crippen LogP contribution in [0, 0.1) is 0 Å². The standard InChI is InChI=1S/C23H26N2O3S/c1-3-11-28-21-14-17(29(26,27)16-7-5-4-6-8-16)13-18-22-19-10-9-15(24-19)12-20(22)25(2)23(18)21/h4-8,13-15,19,24H,3,9-12H2,1-2H3. The van der Waals surface area contributed by atoms with Gasteiger partial charge >= 0.3 is 0 Å². The smallest absolute Gasteiger partial charge is 0.206 e. The summed E-state index contributed by atoms with van der Waals surface area (Å²) in [6, 6.07) is 13.0. The summed E-state index contributed by atoms with van der Waals surface area (Å²) in [7, 11) is -1.54. The van der Waals surface area contributed by atoms with Gasteiger partial charge in [0.2, 0.25) is 9.84 Å². The lowest BCUT2D eigenvalue weighted by atomic mass is 9.99. The highest BCUT2D eigenvalue weighted by molar-refractivity contribution is 7.91. The number of ether oxygens (including phenoxy) is 1. The Morgan fingerprint density at radius 2 is 1.93 bits per heavy atom. The minimum atomic E-state index is -3.62. The van der Waals surface area contributed by atoms with Crippen LogP contribution >= 0.6 is 0 Å². The lowest BCUT2D eigenvalue weighted by molar-refractivity contribution is 0.319. The second-order valence-electron chi connectivity index (χ2n) is 8.10. The molecule has 2 aromatic carbocycles. The van der Waals surface area contributed by atoms with Crippen LogP contribution in [-0.2, 0) is 23.3 Å². The Balaban J connectivity index is 1.77. The van der Waals surface area contributed by atoms with E-state index in [0.29, 0.717) is 34.2 Å². The Hall–Kier alpha value is -2.31. The number of rotatable bonds is 5. The average Bonchev–Trinajstić information content (AvgIpc) is 3.25. The van der Waals surface area contributed by atoms with Crippen molar-refractivity contribution in [2.45, 2.75) is 54.5 Å². The molecule has 1 N–H and O–H groups in total. The van der Waals surface area contributed by atoms with Gasteiger partial charge in [0.15, 0.2) is 0 Å². The van der Waals surface area contributed by atoms with Crippen LogP contribution in [0.1, 0.15) is 43.5 Å². The Morgan fingerprint density at radius 3 is 2.69 bits per heavy atom. The van der Waals surface area contributed by atoms with Crippen molar-refractivity contribution in [3.05, 3.63) is 53.7 Å². The minimum absolute atomic E-state index is 0.293. The molecule has 3 heterocycles. The first-order valence-corrected chi connectivity index (χ1v) is 11.8. The van der Waals surface area contributed by atoms with Gasteiger partial charge in [0.1, 0.15) is 5.75 Å². The molecule has 0 spiro atoms. The molecule has 1 saturated heterocycles. The highest BCUT2D eigenvalue weighted by atomic mass is 32.2. The fourth-order valence-electron chi connectivity index (χ4n) is 4.89. The third-order valence-corrected chi connectivity index (χ3v) is 7.99. The van der Waals surface area contributed by atoms with Crippen molar-refractivity contribution in [3.63, 3.8) is 0 Å². The van der Waals surface area contributed by atoms with E-state index in [-0.39, 0.29) is 0 Å². The van der Waals surface area contributed by atoms with E-state index in [0.717, 1.165) is 30.2 Å². The van der Waals surface area contributed by atoms with E-state index >= 15 is 0 Å². The summed E-state index contributed by atoms with van der Waals surface area (Å²) in [6.45, 7) is 2.62. The van der Waals surface area contributed by atoms with Crippen LogP contribution in [0.25, 0.3) is 10.9 Å². The Bertz CT molecular complexity index is 1180. The number of aryl methyl sites for hydroxylation is 1. The van der Waals surface area contributed by atoms with Crippen LogP contribution < -0.4 is 10.1 Å². The van der Waals surface area contributed by atoms with Gasteiger partial charge in [-0.1, -0.05) is 25.1 Å². The molecule has 5 rings (SSSR count). The summed E-state index contributed by atoms with van der Waals surface area (Å²) in [6.07, 6.45) is 4.11. The van der Waals surface area contributed by atoms with Crippen LogP contribution in [0.5, 0.6) is 5.75 Å². The minimum Gasteiger partial charge on any atom is -0.491 e. The van der Waals surface area contributed by atoms with Gasteiger partial charge < -0.3 is 14.6 Å². The van der Waals surface area contributed by atoms with Gasteiger partial charge in [-0.25, -0.2) is 8.42 Å². The third kappa shape index (κ3) is 2.89. The fourth-order valence-corrected chi connectivity index (χ4v) is 6.22. The van der Waals surface area contributed by atoms with E-state index in [9.17, 15) is 8.42 Å². The maximum Gasteiger partial charge on any atom is 0.206 e. The van der Waals surface area contributed by atoms with Gasteiger partial charge in [-0.15, -0.1) is 0 Å². The lowest BCUT2D eigenvalue weighted by Crippen LogP contribution is -2.32. The molecule has 3 aromatic rings. The van der Waals surface area contributed by atoms with Gasteiger partial charge in [0, 0.05) is 42.7 Å². The fraction of sp³-hybridized carbons (Fsp3) is 0.391. The second kappa shape index (κ2) is 6.89. The number of fused-ring (bicyclic) bond motifs is 6. The first-order chi connectivity index (χ1) is 14.0. The van der Waals surface area contributed by atoms with Crippen LogP contribution in [0.3, 0.4) is 0 Å². The topological polar surface area (TPSA) is 60.3 Å². The predicted molar refractivity (Wildman–Crippen MR) is 113 cm³/mol. The van der Waals surface area contributed by atoms with Crippen molar-refractivity contribution in [3.8, 4) is 5.75 Å². The molecule has 2 bridgehead atoms. The van der Waals surface area contributed by atoms with Crippen molar-refractivity contribution < 1.29 is 13.2 Å². The second-order valence-corrected chi connectivity index (χ2v) is 10.0. The molecule has 2 atom stereocenters. The maximum absolute atomic E-state index is 13.4. The van der Waals surface area contributed by atoms with E-state index in [4.69, 9.17) is 4.74 Å². The lowest BCUT2D eigenvalue weighted by Gasteiger charge is -2.23. The van der Waals surface area contributed by atoms with E-state index in [2.05, 4.69) is 23.9 Å². The number of nitrogens with zero attached hydrogens (tertiary/aromatic N) is 1. The molecule has 0 saturated carbocycles. The molecule has 0 amide bonds. The van der Waals surface area contributed by atoms with Crippen molar-refractivity contribution in [1.82, 2.24) is 9.88 Å². The molecule has 29 heavy (non-hydrogen) atoms. The number of aromatic nitrogens is 1. The molecule has 5 nitrogen and oxygen atoms in total. The third-order valence-electron chi connectivity index (χ3n) is 6.24. The van der Waals surface area contributed by atoms with Gasteiger partial charge in [-0.2, -0.15) is 0 Å². The normalized spacial score (nSPS) is 20.8. The molecular formula is C23H26N2O3S. The first kappa shape index (κ1) is 18.7. The summed E-state index contributed by atoms with van der Waals surface area (Å²) < 4.78 is 35.0. The number of hydrogen-bond donors (Lipinski definition) is 1. The molecule has 2 unspecified atom stereocenters. The zero-order chi connectivity index (χ0) is 20.2. The molecule has 1 fully saturated rings. The predicted octanol–water partition coefficient (Wildman–Crippen LogP) is 4.15. The largest absolute Gasteiger partial charge is 0.491 e. The van der Waals surface area contributed by atoms with Gasteiger partial charge in [-0.3, -0.25) is 0 Å². The van der Waals surface area contributed by atoms with E-state index in [1.165, 1.54) is 17.7 Å². The summed E-state index contributed by atoms with van der Waals surface area (Å²) in [4.78, 5) is 0.612. The van der Waals surface area contributed by atoms with Crippen molar-refractivity contribution in [1.29, 1.82) is 0 Å². The van der Waals surface area contributed by atoms with Gasteiger partial charge in [0.05, 0.1) is 21.9 Å². The highest BCUT2D eigenvalue weighted by Crippen LogP contribution is 2.45. The first-order valence-electron chi connectivity index (χ1n) is 10.3. The number of sulfone groups is 1. The van der Waals surface area contributed by atoms with Crippen LogP contribution in [0.2, 0.25) is 0 Å². The molecule has 6 heteroatoms. The maximum atomic E-state index is 13.4. The van der Waals surface area contributed by atoms with Crippen LogP contribution in [0.15, 0.2) is 52.3 Å². The SMILES string of the molecule is CCCOc1cc(S(=O)(=O)c2ccccc2)cc2c3c(n(C)c12)CC1CCC3N1. The van der Waals surface area contributed by atoms with Gasteiger partial charge in [0.25, 0.3) is 0 Å². The molecule has 2 aliphatic heterocycles. The molecule has 0 aliphatic carbocycles. The van der Waals surface area contributed by atoms with Crippen molar-refractivity contribution in [2.75, 3.05) is 6.61 Å². The molecular weight excluding hydrogens is 384 g/mol. The Morgan fingerprint density at radius 1 is 1.14 bits per heavy atom. The quantitative estimate of drug-likeness (QED) is 0.686. The molecule has 0 radical (unpaired) electrons. The monoisotopic (exact) mass is 410 g/mol. The summed E-state index contributed by atoms with van der Waals surface area (Å²) >= 11 is 0. The summed E-state index contributed by atoms with van der Waals surface area (Å²) in [5, 5.41) is 4.70. The molecule has 152 valence electrons. The number of benzene rings is 2. The van der Waals surface area contributed by atoms with E-state index < -0.39 is 9.84 Å². The molecule has 2 aliphatic rings. The average molecular weight is 411 g/mol. The Labute approximate surface area is 171 Å². The zero-order valence-corrected chi connectivity index (χ0v) is 17.6. The van der Waals surface area contributed by atoms with Crippen LogP contribution in [-0.4, -0.2) is 25.6 Å². The van der Waals surface area contributed by atoms with Crippen molar-refractivity contribution in [2.24, 2.45) is 7.05 Å². The van der Waals surface area contributed by atoms with E-state index in [1.54, 1.807) is 30.3 Å². The summed E-state index contributed by atoms with van der Waals surface area (Å²) in [5.41, 5.74) is 3.56.